The van der Waals surface area contributed by atoms with Gasteiger partial charge in [-0.05, 0) is 12.8 Å². The zero-order chi connectivity index (χ0) is 16.0. The van der Waals surface area contributed by atoms with Crippen LogP contribution in [-0.2, 0) is 11.3 Å². The number of aliphatic hydroxyl groups is 1. The van der Waals surface area contributed by atoms with Crippen molar-refractivity contribution in [2.24, 2.45) is 5.92 Å². The van der Waals surface area contributed by atoms with Crippen LogP contribution >= 0.6 is 11.6 Å². The molecule has 0 saturated heterocycles. The third-order valence-electron chi connectivity index (χ3n) is 3.03. The van der Waals surface area contributed by atoms with Crippen molar-refractivity contribution in [3.05, 3.63) is 21.6 Å². The first-order chi connectivity index (χ1) is 9.76. The number of rotatable bonds is 8. The Kier molecular flexibility index (Phi) is 6.64. The Morgan fingerprint density at radius 3 is 2.81 bits per heavy atom. The first kappa shape index (κ1) is 17.9. The Bertz CT molecular complexity index is 515. The Morgan fingerprint density at radius 2 is 2.24 bits per heavy atom. The lowest BCUT2D eigenvalue weighted by atomic mass is 10.0. The largest absolute Gasteiger partial charge is 0.388 e. The third-order valence-corrected chi connectivity index (χ3v) is 3.39. The number of nitrogens with zero attached hydrogens (tertiary/aromatic N) is 2. The molecule has 0 spiro atoms. The molecule has 0 saturated carbocycles. The number of hydrogen-bond donors (Lipinski definition) is 2. The van der Waals surface area contributed by atoms with Crippen molar-refractivity contribution in [3.63, 3.8) is 0 Å². The molecular weight excluding hydrogens is 294 g/mol. The summed E-state index contributed by atoms with van der Waals surface area (Å²) >= 11 is 6.07. The van der Waals surface area contributed by atoms with Crippen molar-refractivity contribution in [1.29, 1.82) is 0 Å². The van der Waals surface area contributed by atoms with E-state index in [1.165, 1.54) is 10.9 Å². The summed E-state index contributed by atoms with van der Waals surface area (Å²) in [4.78, 5) is 12.1. The van der Waals surface area contributed by atoms with Gasteiger partial charge in [-0.1, -0.05) is 25.4 Å². The second-order valence-electron chi connectivity index (χ2n) is 5.85. The van der Waals surface area contributed by atoms with Gasteiger partial charge in [0, 0.05) is 33.2 Å². The van der Waals surface area contributed by atoms with E-state index < -0.39 is 5.60 Å². The molecule has 0 aliphatic rings. The van der Waals surface area contributed by atoms with Gasteiger partial charge >= 0.3 is 0 Å². The van der Waals surface area contributed by atoms with Crippen LogP contribution in [0.25, 0.3) is 0 Å². The molecule has 1 aromatic rings. The maximum atomic E-state index is 12.1. The van der Waals surface area contributed by atoms with Crippen molar-refractivity contribution in [3.8, 4) is 0 Å². The normalized spacial score (nSPS) is 14.2. The topological polar surface area (TPSA) is 76.4 Å². The van der Waals surface area contributed by atoms with Crippen LogP contribution < -0.4 is 10.9 Å². The highest BCUT2D eigenvalue weighted by Crippen LogP contribution is 2.18. The van der Waals surface area contributed by atoms with Gasteiger partial charge < -0.3 is 15.2 Å². The predicted octanol–water partition coefficient (Wildman–Crippen LogP) is 1.75. The van der Waals surface area contributed by atoms with Gasteiger partial charge in [0.2, 0.25) is 0 Å². The van der Waals surface area contributed by atoms with Crippen molar-refractivity contribution < 1.29 is 9.84 Å². The molecule has 1 atom stereocenters. The van der Waals surface area contributed by atoms with Gasteiger partial charge in [0.25, 0.3) is 5.56 Å². The fourth-order valence-electron chi connectivity index (χ4n) is 1.76. The Hall–Kier alpha value is -1.11. The van der Waals surface area contributed by atoms with Crippen molar-refractivity contribution in [2.45, 2.75) is 39.3 Å². The molecule has 120 valence electrons. The fourth-order valence-corrected chi connectivity index (χ4v) is 1.97. The molecule has 21 heavy (non-hydrogen) atoms. The Balaban J connectivity index is 2.77. The fraction of sp³-hybridized carbons (Fsp3) is 0.714. The number of methoxy groups -OCH3 is 1. The highest BCUT2D eigenvalue weighted by Gasteiger charge is 2.20. The number of nitrogens with one attached hydrogen (secondary N) is 1. The van der Waals surface area contributed by atoms with Crippen LogP contribution in [0.2, 0.25) is 5.02 Å². The molecule has 2 N–H and O–H groups in total. The maximum Gasteiger partial charge on any atom is 0.287 e. The van der Waals surface area contributed by atoms with E-state index in [-0.39, 0.29) is 17.1 Å². The van der Waals surface area contributed by atoms with E-state index in [1.54, 1.807) is 14.0 Å². The van der Waals surface area contributed by atoms with Crippen LogP contribution in [0.5, 0.6) is 0 Å². The summed E-state index contributed by atoms with van der Waals surface area (Å²) in [6.07, 6.45) is 1.99. The van der Waals surface area contributed by atoms with Gasteiger partial charge in [-0.15, -0.1) is 0 Å². The van der Waals surface area contributed by atoms with Gasteiger partial charge in [-0.3, -0.25) is 4.79 Å². The van der Waals surface area contributed by atoms with Gasteiger partial charge in [0.1, 0.15) is 5.02 Å². The molecule has 0 aromatic carbocycles. The molecule has 0 amide bonds. The molecular formula is C14H24ClN3O3. The summed E-state index contributed by atoms with van der Waals surface area (Å²) in [5, 5.41) is 17.3. The second kappa shape index (κ2) is 7.77. The van der Waals surface area contributed by atoms with Crippen LogP contribution in [-0.4, -0.2) is 40.7 Å². The van der Waals surface area contributed by atoms with E-state index in [2.05, 4.69) is 10.4 Å². The van der Waals surface area contributed by atoms with Gasteiger partial charge in [0.05, 0.1) is 17.5 Å². The van der Waals surface area contributed by atoms with E-state index in [4.69, 9.17) is 16.3 Å². The summed E-state index contributed by atoms with van der Waals surface area (Å²) in [6, 6.07) is 0. The maximum absolute atomic E-state index is 12.1. The molecule has 1 rings (SSSR count). The number of hydrogen-bond acceptors (Lipinski definition) is 5. The third kappa shape index (κ3) is 5.65. The van der Waals surface area contributed by atoms with Gasteiger partial charge in [0.15, 0.2) is 0 Å². The standard InChI is InChI=1S/C14H24ClN3O3/c1-10(2)8-18-13(19)12(15)11(7-17-18)16-9-14(3,20)5-6-21-4/h7,10,16,20H,5-6,8-9H2,1-4H3. The average Bonchev–Trinajstić information content (AvgIpc) is 2.40. The van der Waals surface area contributed by atoms with Crippen LogP contribution in [0, 0.1) is 5.92 Å². The number of ether oxygens (including phenoxy) is 1. The van der Waals surface area contributed by atoms with Gasteiger partial charge in [-0.2, -0.15) is 5.10 Å². The molecule has 6 nitrogen and oxygen atoms in total. The molecule has 0 aliphatic heterocycles. The first-order valence-electron chi connectivity index (χ1n) is 6.97. The lowest BCUT2D eigenvalue weighted by Crippen LogP contribution is -2.35. The van der Waals surface area contributed by atoms with Crippen LogP contribution in [0.15, 0.2) is 11.0 Å². The van der Waals surface area contributed by atoms with E-state index in [9.17, 15) is 9.90 Å². The summed E-state index contributed by atoms with van der Waals surface area (Å²) in [7, 11) is 1.58. The first-order valence-corrected chi connectivity index (χ1v) is 7.35. The van der Waals surface area contributed by atoms with E-state index in [1.807, 2.05) is 13.8 Å². The van der Waals surface area contributed by atoms with Crippen LogP contribution in [0.1, 0.15) is 27.2 Å². The van der Waals surface area contributed by atoms with Crippen molar-refractivity contribution in [2.75, 3.05) is 25.6 Å². The zero-order valence-electron chi connectivity index (χ0n) is 13.0. The average molecular weight is 318 g/mol. The highest BCUT2D eigenvalue weighted by molar-refractivity contribution is 6.32. The molecule has 0 aliphatic carbocycles. The van der Waals surface area contributed by atoms with Crippen molar-refractivity contribution >= 4 is 17.3 Å². The Labute approximate surface area is 130 Å². The number of aromatic nitrogens is 2. The quantitative estimate of drug-likeness (QED) is 0.764. The second-order valence-corrected chi connectivity index (χ2v) is 6.22. The van der Waals surface area contributed by atoms with Crippen molar-refractivity contribution in [1.82, 2.24) is 9.78 Å². The minimum absolute atomic E-state index is 0.0909. The van der Waals surface area contributed by atoms with E-state index in [0.29, 0.717) is 31.2 Å². The van der Waals surface area contributed by atoms with E-state index in [0.717, 1.165) is 0 Å². The molecule has 0 radical (unpaired) electrons. The zero-order valence-corrected chi connectivity index (χ0v) is 13.8. The molecule has 1 unspecified atom stereocenters. The predicted molar refractivity (Wildman–Crippen MR) is 84.0 cm³/mol. The van der Waals surface area contributed by atoms with Crippen LogP contribution in [0.4, 0.5) is 5.69 Å². The summed E-state index contributed by atoms with van der Waals surface area (Å²) < 4.78 is 6.29. The summed E-state index contributed by atoms with van der Waals surface area (Å²) in [5.74, 6) is 0.305. The minimum atomic E-state index is -0.952. The number of halogens is 1. The molecule has 0 bridgehead atoms. The summed E-state index contributed by atoms with van der Waals surface area (Å²) in [6.45, 7) is 6.93. The highest BCUT2D eigenvalue weighted by atomic mass is 35.5. The van der Waals surface area contributed by atoms with E-state index >= 15 is 0 Å². The number of anilines is 1. The monoisotopic (exact) mass is 317 g/mol. The summed E-state index contributed by atoms with van der Waals surface area (Å²) in [5.41, 5.74) is -0.849. The smallest absolute Gasteiger partial charge is 0.287 e. The lowest BCUT2D eigenvalue weighted by molar-refractivity contribution is 0.0357. The molecule has 1 aromatic heterocycles. The minimum Gasteiger partial charge on any atom is -0.388 e. The van der Waals surface area contributed by atoms with Crippen LogP contribution in [0.3, 0.4) is 0 Å². The lowest BCUT2D eigenvalue weighted by Gasteiger charge is -2.24. The molecule has 1 heterocycles. The SMILES string of the molecule is COCCC(C)(O)CNc1cnn(CC(C)C)c(=O)c1Cl. The molecule has 0 fully saturated rings. The van der Waals surface area contributed by atoms with Gasteiger partial charge in [-0.25, -0.2) is 4.68 Å². The molecule has 7 heteroatoms. The Morgan fingerprint density at radius 1 is 1.57 bits per heavy atom.